The molecule has 2 heteroatoms. The van der Waals surface area contributed by atoms with Gasteiger partial charge in [0.05, 0.1) is 5.41 Å². The average molecular weight is 189 g/mol. The van der Waals surface area contributed by atoms with Crippen molar-refractivity contribution < 1.29 is 4.79 Å². The van der Waals surface area contributed by atoms with Crippen LogP contribution in [0.2, 0.25) is 0 Å². The first-order chi connectivity index (χ1) is 6.68. The van der Waals surface area contributed by atoms with Crippen LogP contribution in [0, 0.1) is 5.92 Å². The summed E-state index contributed by atoms with van der Waals surface area (Å²) in [6.07, 6.45) is 0. The molecule has 2 nitrogen and oxygen atoms in total. The zero-order valence-corrected chi connectivity index (χ0v) is 8.58. The normalized spacial score (nSPS) is 25.8. The molecular formula is C12H15NO. The molecule has 1 aliphatic heterocycles. The van der Waals surface area contributed by atoms with Crippen molar-refractivity contribution in [3.8, 4) is 0 Å². The third kappa shape index (κ3) is 1.07. The minimum atomic E-state index is -0.277. The van der Waals surface area contributed by atoms with E-state index in [1.165, 1.54) is 0 Å². The lowest BCUT2D eigenvalue weighted by molar-refractivity contribution is -0.136. The smallest absolute Gasteiger partial charge is 0.232 e. The highest BCUT2D eigenvalue weighted by molar-refractivity contribution is 5.94. The number of rotatable bonds is 2. The summed E-state index contributed by atoms with van der Waals surface area (Å²) in [5, 5.41) is 2.84. The molecule has 1 saturated heterocycles. The Morgan fingerprint density at radius 2 is 1.93 bits per heavy atom. The van der Waals surface area contributed by atoms with Gasteiger partial charge in [-0.1, -0.05) is 44.2 Å². The van der Waals surface area contributed by atoms with Crippen LogP contribution in [-0.4, -0.2) is 12.5 Å². The molecule has 1 fully saturated rings. The van der Waals surface area contributed by atoms with E-state index in [0.717, 1.165) is 12.1 Å². The van der Waals surface area contributed by atoms with E-state index in [0.29, 0.717) is 5.92 Å². The van der Waals surface area contributed by atoms with E-state index in [-0.39, 0.29) is 11.3 Å². The molecule has 1 unspecified atom stereocenters. The van der Waals surface area contributed by atoms with E-state index < -0.39 is 0 Å². The largest absolute Gasteiger partial charge is 0.354 e. The summed E-state index contributed by atoms with van der Waals surface area (Å²) in [7, 11) is 0. The lowest BCUT2D eigenvalue weighted by Crippen LogP contribution is -2.64. The van der Waals surface area contributed by atoms with E-state index in [1.807, 2.05) is 30.3 Å². The molecule has 0 radical (unpaired) electrons. The molecule has 0 aliphatic carbocycles. The quantitative estimate of drug-likeness (QED) is 0.705. The Labute approximate surface area is 84.3 Å². The fourth-order valence-corrected chi connectivity index (χ4v) is 2.12. The van der Waals surface area contributed by atoms with Gasteiger partial charge in [0.25, 0.3) is 0 Å². The molecule has 0 aromatic heterocycles. The Hall–Kier alpha value is -1.31. The summed E-state index contributed by atoms with van der Waals surface area (Å²) in [5.74, 6) is 0.511. The predicted octanol–water partition coefficient (Wildman–Crippen LogP) is 1.71. The van der Waals surface area contributed by atoms with E-state index in [2.05, 4.69) is 19.2 Å². The van der Waals surface area contributed by atoms with Crippen molar-refractivity contribution in [3.05, 3.63) is 35.9 Å². The Kier molecular flexibility index (Phi) is 2.06. The summed E-state index contributed by atoms with van der Waals surface area (Å²) >= 11 is 0. The number of hydrogen-bond donors (Lipinski definition) is 1. The van der Waals surface area contributed by atoms with Crippen molar-refractivity contribution in [2.45, 2.75) is 19.3 Å². The van der Waals surface area contributed by atoms with Crippen LogP contribution in [-0.2, 0) is 10.2 Å². The number of β-lactam (4-membered cyclic amide) rings is 1. The van der Waals surface area contributed by atoms with Gasteiger partial charge in [-0.15, -0.1) is 0 Å². The van der Waals surface area contributed by atoms with Crippen molar-refractivity contribution >= 4 is 5.91 Å². The number of benzene rings is 1. The Morgan fingerprint density at radius 1 is 1.29 bits per heavy atom. The van der Waals surface area contributed by atoms with Gasteiger partial charge in [-0.3, -0.25) is 4.79 Å². The molecule has 74 valence electrons. The van der Waals surface area contributed by atoms with Crippen LogP contribution in [0.3, 0.4) is 0 Å². The maximum atomic E-state index is 11.7. The van der Waals surface area contributed by atoms with Crippen LogP contribution in [0.5, 0.6) is 0 Å². The SMILES string of the molecule is CC(C)C1(c2ccccc2)CNC1=O. The average Bonchev–Trinajstić information content (AvgIpc) is 2.17. The molecule has 0 bridgehead atoms. The summed E-state index contributed by atoms with van der Waals surface area (Å²) in [6, 6.07) is 10.0. The first-order valence-electron chi connectivity index (χ1n) is 5.02. The van der Waals surface area contributed by atoms with Crippen LogP contribution in [0.4, 0.5) is 0 Å². The zero-order chi connectivity index (χ0) is 10.2. The highest BCUT2D eigenvalue weighted by Gasteiger charge is 2.49. The van der Waals surface area contributed by atoms with Gasteiger partial charge >= 0.3 is 0 Å². The fourth-order valence-electron chi connectivity index (χ4n) is 2.12. The maximum absolute atomic E-state index is 11.7. The second-order valence-electron chi connectivity index (χ2n) is 4.17. The van der Waals surface area contributed by atoms with Crippen molar-refractivity contribution in [2.24, 2.45) is 5.92 Å². The van der Waals surface area contributed by atoms with E-state index in [4.69, 9.17) is 0 Å². The molecular weight excluding hydrogens is 174 g/mol. The van der Waals surface area contributed by atoms with E-state index in [9.17, 15) is 4.79 Å². The molecule has 1 aromatic rings. The number of carbonyl (C=O) groups excluding carboxylic acids is 1. The molecule has 14 heavy (non-hydrogen) atoms. The summed E-state index contributed by atoms with van der Waals surface area (Å²) in [6.45, 7) is 4.98. The van der Waals surface area contributed by atoms with E-state index in [1.54, 1.807) is 0 Å². The van der Waals surface area contributed by atoms with Gasteiger partial charge in [0.2, 0.25) is 5.91 Å². The highest BCUT2D eigenvalue weighted by Crippen LogP contribution is 2.36. The van der Waals surface area contributed by atoms with Crippen LogP contribution >= 0.6 is 0 Å². The first-order valence-corrected chi connectivity index (χ1v) is 5.02. The Morgan fingerprint density at radius 3 is 2.29 bits per heavy atom. The van der Waals surface area contributed by atoms with Crippen molar-refractivity contribution in [2.75, 3.05) is 6.54 Å². The molecule has 0 saturated carbocycles. The number of nitrogens with one attached hydrogen (secondary N) is 1. The monoisotopic (exact) mass is 189 g/mol. The van der Waals surface area contributed by atoms with Crippen molar-refractivity contribution in [3.63, 3.8) is 0 Å². The molecule has 1 heterocycles. The molecule has 1 atom stereocenters. The minimum Gasteiger partial charge on any atom is -0.354 e. The third-order valence-electron chi connectivity index (χ3n) is 3.21. The zero-order valence-electron chi connectivity index (χ0n) is 8.58. The molecule has 2 rings (SSSR count). The number of hydrogen-bond acceptors (Lipinski definition) is 1. The number of amides is 1. The lowest BCUT2D eigenvalue weighted by Gasteiger charge is -2.44. The topological polar surface area (TPSA) is 29.1 Å². The summed E-state index contributed by atoms with van der Waals surface area (Å²) in [4.78, 5) is 11.7. The lowest BCUT2D eigenvalue weighted by atomic mass is 9.66. The van der Waals surface area contributed by atoms with Gasteiger partial charge in [-0.2, -0.15) is 0 Å². The van der Waals surface area contributed by atoms with Crippen LogP contribution in [0.15, 0.2) is 30.3 Å². The maximum Gasteiger partial charge on any atom is 0.232 e. The second kappa shape index (κ2) is 3.12. The second-order valence-corrected chi connectivity index (χ2v) is 4.17. The van der Waals surface area contributed by atoms with Crippen LogP contribution < -0.4 is 5.32 Å². The number of carbonyl (C=O) groups is 1. The van der Waals surface area contributed by atoms with Gasteiger partial charge in [0.1, 0.15) is 0 Å². The van der Waals surface area contributed by atoms with Crippen molar-refractivity contribution in [1.82, 2.24) is 5.32 Å². The summed E-state index contributed by atoms with van der Waals surface area (Å²) in [5.41, 5.74) is 0.861. The molecule has 1 aliphatic rings. The fraction of sp³-hybridized carbons (Fsp3) is 0.417. The Balaban J connectivity index is 2.43. The van der Waals surface area contributed by atoms with Gasteiger partial charge in [0.15, 0.2) is 0 Å². The van der Waals surface area contributed by atoms with Crippen molar-refractivity contribution in [1.29, 1.82) is 0 Å². The van der Waals surface area contributed by atoms with Gasteiger partial charge in [-0.05, 0) is 11.5 Å². The Bertz CT molecular complexity index is 345. The third-order valence-corrected chi connectivity index (χ3v) is 3.21. The highest BCUT2D eigenvalue weighted by atomic mass is 16.2. The minimum absolute atomic E-state index is 0.165. The van der Waals surface area contributed by atoms with E-state index >= 15 is 0 Å². The molecule has 0 spiro atoms. The molecule has 1 amide bonds. The predicted molar refractivity (Wildman–Crippen MR) is 56.0 cm³/mol. The standard InChI is InChI=1S/C12H15NO/c1-9(2)12(8-13-11(12)14)10-6-4-3-5-7-10/h3-7,9H,8H2,1-2H3,(H,13,14). The van der Waals surface area contributed by atoms with Gasteiger partial charge < -0.3 is 5.32 Å². The van der Waals surface area contributed by atoms with Gasteiger partial charge in [0, 0.05) is 6.54 Å². The van der Waals surface area contributed by atoms with Crippen LogP contribution in [0.25, 0.3) is 0 Å². The first kappa shape index (κ1) is 9.25. The van der Waals surface area contributed by atoms with Crippen LogP contribution in [0.1, 0.15) is 19.4 Å². The molecule has 1 N–H and O–H groups in total. The van der Waals surface area contributed by atoms with Gasteiger partial charge in [-0.25, -0.2) is 0 Å². The molecule has 1 aromatic carbocycles. The summed E-state index contributed by atoms with van der Waals surface area (Å²) < 4.78 is 0.